The first-order valence-electron chi connectivity index (χ1n) is 10.4. The number of carbonyl (C=O) groups is 1. The summed E-state index contributed by atoms with van der Waals surface area (Å²) in [7, 11) is 0. The number of aromatic nitrogens is 1. The van der Waals surface area contributed by atoms with Gasteiger partial charge in [-0.2, -0.15) is 0 Å². The van der Waals surface area contributed by atoms with Crippen molar-refractivity contribution in [1.29, 1.82) is 0 Å². The zero-order valence-corrected chi connectivity index (χ0v) is 17.0. The Kier molecular flexibility index (Phi) is 4.82. The highest BCUT2D eigenvalue weighted by atomic mass is 16.3. The highest BCUT2D eigenvalue weighted by Crippen LogP contribution is 2.34. The van der Waals surface area contributed by atoms with Crippen molar-refractivity contribution >= 4 is 5.91 Å². The van der Waals surface area contributed by atoms with Gasteiger partial charge in [-0.25, -0.2) is 0 Å². The van der Waals surface area contributed by atoms with E-state index < -0.39 is 11.2 Å². The van der Waals surface area contributed by atoms with Crippen molar-refractivity contribution in [3.63, 3.8) is 0 Å². The topological polar surface area (TPSA) is 65.8 Å². The molecule has 2 aromatic carbocycles. The molecule has 156 valence electrons. The lowest BCUT2D eigenvalue weighted by Gasteiger charge is -2.44. The number of hydrogen-bond donors (Lipinski definition) is 1. The molecule has 3 aromatic rings. The number of amides is 1. The van der Waals surface area contributed by atoms with Crippen LogP contribution >= 0.6 is 0 Å². The van der Waals surface area contributed by atoms with E-state index in [1.165, 1.54) is 11.6 Å². The molecule has 6 nitrogen and oxygen atoms in total. The summed E-state index contributed by atoms with van der Waals surface area (Å²) in [6.45, 7) is 0.738. The number of aromatic hydroxyl groups is 1. The van der Waals surface area contributed by atoms with Crippen LogP contribution in [-0.2, 0) is 6.42 Å². The van der Waals surface area contributed by atoms with Gasteiger partial charge in [0.2, 0.25) is 5.43 Å². The normalized spacial score (nSPS) is 19.2. The Balaban J connectivity index is 1.80. The average molecular weight is 413 g/mol. The molecule has 0 saturated heterocycles. The number of pyridine rings is 1. The van der Waals surface area contributed by atoms with Gasteiger partial charge < -0.3 is 10.0 Å². The number of carbonyl (C=O) groups excluding carboxylic acids is 1. The van der Waals surface area contributed by atoms with Gasteiger partial charge in [-0.15, -0.1) is 0 Å². The van der Waals surface area contributed by atoms with Gasteiger partial charge in [0, 0.05) is 18.8 Å². The molecule has 6 heteroatoms. The van der Waals surface area contributed by atoms with E-state index in [0.717, 1.165) is 24.0 Å². The third-order valence-electron chi connectivity index (χ3n) is 5.97. The van der Waals surface area contributed by atoms with Crippen LogP contribution in [0.1, 0.15) is 39.6 Å². The van der Waals surface area contributed by atoms with E-state index in [1.54, 1.807) is 15.8 Å². The Hall–Kier alpha value is -3.80. The minimum absolute atomic E-state index is 0.00445. The lowest BCUT2D eigenvalue weighted by molar-refractivity contribution is 0.0701. The monoisotopic (exact) mass is 413 g/mol. The standard InChI is InChI=1S/C25H23N3O3/c29-21-14-16-27-23(24(21)30)25(31)26-15-8-2-5-9-18-10-6-7-13-20(18)22(28(27)17-26)19-11-3-1-4-12-19/h1-4,6-8,10-14,16,22,30H,5,9,15,17H2/b8-2-. The summed E-state index contributed by atoms with van der Waals surface area (Å²) in [6, 6.07) is 19.6. The number of hydrogen-bond acceptors (Lipinski definition) is 4. The molecule has 2 aliphatic rings. The summed E-state index contributed by atoms with van der Waals surface area (Å²) < 4.78 is 1.64. The van der Waals surface area contributed by atoms with E-state index in [-0.39, 0.29) is 17.6 Å². The van der Waals surface area contributed by atoms with Gasteiger partial charge in [0.15, 0.2) is 11.4 Å². The Morgan fingerprint density at radius 2 is 1.68 bits per heavy atom. The van der Waals surface area contributed by atoms with E-state index in [0.29, 0.717) is 13.2 Å². The average Bonchev–Trinajstić information content (AvgIpc) is 2.82. The van der Waals surface area contributed by atoms with Gasteiger partial charge in [0.05, 0.1) is 6.04 Å². The maximum Gasteiger partial charge on any atom is 0.278 e. The van der Waals surface area contributed by atoms with E-state index >= 15 is 0 Å². The van der Waals surface area contributed by atoms with Crippen molar-refractivity contribution in [2.75, 3.05) is 18.2 Å². The molecule has 0 spiro atoms. The fourth-order valence-electron chi connectivity index (χ4n) is 4.47. The first-order chi connectivity index (χ1) is 15.1. The van der Waals surface area contributed by atoms with Crippen molar-refractivity contribution in [2.24, 2.45) is 0 Å². The molecule has 1 atom stereocenters. The van der Waals surface area contributed by atoms with E-state index in [9.17, 15) is 14.7 Å². The molecule has 2 aliphatic heterocycles. The van der Waals surface area contributed by atoms with Crippen LogP contribution in [0, 0.1) is 0 Å². The molecule has 5 rings (SSSR count). The predicted octanol–water partition coefficient (Wildman–Crippen LogP) is 3.20. The fourth-order valence-corrected chi connectivity index (χ4v) is 4.47. The maximum atomic E-state index is 13.2. The first kappa shape index (κ1) is 19.2. The number of aryl methyl sites for hydroxylation is 1. The molecule has 3 heterocycles. The summed E-state index contributed by atoms with van der Waals surface area (Å²) in [5, 5.41) is 12.6. The number of rotatable bonds is 1. The zero-order valence-electron chi connectivity index (χ0n) is 17.0. The minimum atomic E-state index is -0.557. The Labute approximate surface area is 180 Å². The number of nitrogens with zero attached hydrogens (tertiary/aromatic N) is 3. The van der Waals surface area contributed by atoms with Crippen LogP contribution < -0.4 is 10.4 Å². The van der Waals surface area contributed by atoms with Gasteiger partial charge in [-0.3, -0.25) is 19.3 Å². The molecule has 1 N–H and O–H groups in total. The molecule has 0 radical (unpaired) electrons. The fraction of sp³-hybridized carbons (Fsp3) is 0.200. The van der Waals surface area contributed by atoms with Crippen molar-refractivity contribution < 1.29 is 9.90 Å². The van der Waals surface area contributed by atoms with Gasteiger partial charge >= 0.3 is 0 Å². The summed E-state index contributed by atoms with van der Waals surface area (Å²) >= 11 is 0. The van der Waals surface area contributed by atoms with Gasteiger partial charge in [0.1, 0.15) is 6.67 Å². The van der Waals surface area contributed by atoms with E-state index in [2.05, 4.69) is 30.3 Å². The van der Waals surface area contributed by atoms with E-state index in [1.807, 2.05) is 41.4 Å². The van der Waals surface area contributed by atoms with Gasteiger partial charge in [0.25, 0.3) is 5.91 Å². The molecule has 0 fully saturated rings. The summed E-state index contributed by atoms with van der Waals surface area (Å²) in [4.78, 5) is 27.0. The quantitative estimate of drug-likeness (QED) is 0.623. The van der Waals surface area contributed by atoms with Crippen molar-refractivity contribution in [1.82, 2.24) is 9.58 Å². The second kappa shape index (κ2) is 7.80. The number of fused-ring (bicyclic) bond motifs is 5. The lowest BCUT2D eigenvalue weighted by atomic mass is 9.92. The first-order valence-corrected chi connectivity index (χ1v) is 10.4. The lowest BCUT2D eigenvalue weighted by Crippen LogP contribution is -2.55. The van der Waals surface area contributed by atoms with Gasteiger partial charge in [-0.05, 0) is 29.5 Å². The Morgan fingerprint density at radius 1 is 0.903 bits per heavy atom. The molecule has 1 aromatic heterocycles. The third-order valence-corrected chi connectivity index (χ3v) is 5.97. The molecule has 1 unspecified atom stereocenters. The molecular weight excluding hydrogens is 390 g/mol. The predicted molar refractivity (Wildman–Crippen MR) is 119 cm³/mol. The number of allylic oxidation sites excluding steroid dienone is 1. The Bertz CT molecular complexity index is 1220. The van der Waals surface area contributed by atoms with Crippen molar-refractivity contribution in [2.45, 2.75) is 18.9 Å². The Morgan fingerprint density at radius 3 is 2.52 bits per heavy atom. The molecule has 1 amide bonds. The molecule has 0 saturated carbocycles. The van der Waals surface area contributed by atoms with Crippen LogP contribution in [0.5, 0.6) is 5.75 Å². The highest BCUT2D eigenvalue weighted by Gasteiger charge is 2.36. The van der Waals surface area contributed by atoms with Crippen molar-refractivity contribution in [3.05, 3.63) is 112 Å². The van der Waals surface area contributed by atoms with Crippen LogP contribution in [-0.4, -0.2) is 33.8 Å². The van der Waals surface area contributed by atoms with Crippen molar-refractivity contribution in [3.8, 4) is 5.75 Å². The molecule has 31 heavy (non-hydrogen) atoms. The maximum absolute atomic E-state index is 13.2. The zero-order chi connectivity index (χ0) is 21.4. The summed E-state index contributed by atoms with van der Waals surface area (Å²) in [6.07, 6.45) is 7.41. The summed E-state index contributed by atoms with van der Waals surface area (Å²) in [5.41, 5.74) is 2.89. The van der Waals surface area contributed by atoms with Crippen LogP contribution in [0.3, 0.4) is 0 Å². The third kappa shape index (κ3) is 3.30. The van der Waals surface area contributed by atoms with E-state index in [4.69, 9.17) is 0 Å². The van der Waals surface area contributed by atoms with Crippen LogP contribution in [0.4, 0.5) is 0 Å². The molecular formula is C25H23N3O3. The highest BCUT2D eigenvalue weighted by molar-refractivity contribution is 5.96. The minimum Gasteiger partial charge on any atom is -0.502 e. The smallest absolute Gasteiger partial charge is 0.278 e. The van der Waals surface area contributed by atoms with Crippen LogP contribution in [0.25, 0.3) is 0 Å². The second-order valence-corrected chi connectivity index (χ2v) is 7.85. The van der Waals surface area contributed by atoms with Crippen LogP contribution in [0.15, 0.2) is 83.8 Å². The second-order valence-electron chi connectivity index (χ2n) is 7.85. The molecule has 0 aliphatic carbocycles. The molecule has 2 bridgehead atoms. The SMILES string of the molecule is O=C1c2c(O)c(=O)ccn2N2CN1C/C=C\CCc1ccccc1C2c1ccccc1. The van der Waals surface area contributed by atoms with Crippen LogP contribution in [0.2, 0.25) is 0 Å². The number of benzene rings is 2. The largest absolute Gasteiger partial charge is 0.502 e. The van der Waals surface area contributed by atoms with Gasteiger partial charge in [-0.1, -0.05) is 66.7 Å². The summed E-state index contributed by atoms with van der Waals surface area (Å²) in [5.74, 6) is -0.864.